The van der Waals surface area contributed by atoms with Crippen LogP contribution in [0.5, 0.6) is 0 Å². The van der Waals surface area contributed by atoms with Crippen molar-refractivity contribution in [2.75, 3.05) is 11.9 Å². The predicted molar refractivity (Wildman–Crippen MR) is 76.1 cm³/mol. The number of carbonyl (C=O) groups is 1. The Bertz CT molecular complexity index is 595. The van der Waals surface area contributed by atoms with Crippen molar-refractivity contribution in [1.29, 1.82) is 0 Å². The molecule has 0 atom stereocenters. The van der Waals surface area contributed by atoms with E-state index < -0.39 is 0 Å². The topological polar surface area (TPSA) is 33.2 Å². The van der Waals surface area contributed by atoms with E-state index in [-0.39, 0.29) is 11.7 Å². The molecule has 19 heavy (non-hydrogen) atoms. The van der Waals surface area contributed by atoms with Crippen LogP contribution in [-0.4, -0.2) is 18.3 Å². The number of thiazole rings is 1. The van der Waals surface area contributed by atoms with Gasteiger partial charge in [0, 0.05) is 7.05 Å². The van der Waals surface area contributed by atoms with Crippen LogP contribution in [-0.2, 0) is 0 Å². The zero-order valence-electron chi connectivity index (χ0n) is 11.1. The number of benzene rings is 1. The predicted octanol–water partition coefficient (Wildman–Crippen LogP) is 3.99. The Morgan fingerprint density at radius 2 is 2.05 bits per heavy atom. The van der Waals surface area contributed by atoms with Crippen LogP contribution >= 0.6 is 11.3 Å². The van der Waals surface area contributed by atoms with Crippen molar-refractivity contribution < 1.29 is 9.18 Å². The standard InChI is InChI=1S/C14H15FN2OS/c1-9(2)13-12(8-18)19-14(16-13)17(3)11-7-5-4-6-10(11)15/h4-9H,1-3H3. The Hall–Kier alpha value is -1.75. The average molecular weight is 278 g/mol. The van der Waals surface area contributed by atoms with Crippen molar-refractivity contribution in [3.63, 3.8) is 0 Å². The van der Waals surface area contributed by atoms with Crippen molar-refractivity contribution in [3.05, 3.63) is 40.7 Å². The van der Waals surface area contributed by atoms with E-state index in [1.54, 1.807) is 30.1 Å². The number of aromatic nitrogens is 1. The molecule has 1 heterocycles. The highest BCUT2D eigenvalue weighted by molar-refractivity contribution is 7.17. The number of carbonyl (C=O) groups excluding carboxylic acids is 1. The molecule has 0 fully saturated rings. The first-order chi connectivity index (χ1) is 9.04. The molecule has 0 aliphatic heterocycles. The smallest absolute Gasteiger partial charge is 0.190 e. The molecule has 0 spiro atoms. The fraction of sp³-hybridized carbons (Fsp3) is 0.286. The third-order valence-electron chi connectivity index (χ3n) is 2.82. The largest absolute Gasteiger partial charge is 0.318 e. The van der Waals surface area contributed by atoms with Crippen molar-refractivity contribution in [1.82, 2.24) is 4.98 Å². The molecule has 3 nitrogen and oxygen atoms in total. The third-order valence-corrected chi connectivity index (χ3v) is 3.90. The Balaban J connectivity index is 2.42. The third kappa shape index (κ3) is 2.66. The van der Waals surface area contributed by atoms with Gasteiger partial charge in [-0.15, -0.1) is 0 Å². The fourth-order valence-corrected chi connectivity index (χ4v) is 2.81. The van der Waals surface area contributed by atoms with E-state index >= 15 is 0 Å². The fourth-order valence-electron chi connectivity index (χ4n) is 1.80. The highest BCUT2D eigenvalue weighted by Crippen LogP contribution is 2.33. The number of rotatable bonds is 4. The molecule has 2 rings (SSSR count). The molecule has 0 aliphatic rings. The van der Waals surface area contributed by atoms with Crippen LogP contribution in [0.3, 0.4) is 0 Å². The summed E-state index contributed by atoms with van der Waals surface area (Å²) < 4.78 is 13.7. The van der Waals surface area contributed by atoms with Crippen LogP contribution in [0.1, 0.15) is 35.1 Å². The second-order valence-electron chi connectivity index (χ2n) is 4.53. The van der Waals surface area contributed by atoms with Crippen LogP contribution in [0, 0.1) is 5.82 Å². The van der Waals surface area contributed by atoms with Crippen LogP contribution in [0.2, 0.25) is 0 Å². The van der Waals surface area contributed by atoms with Gasteiger partial charge in [0.1, 0.15) is 5.82 Å². The Kier molecular flexibility index (Phi) is 3.95. The first-order valence-electron chi connectivity index (χ1n) is 5.98. The number of hydrogen-bond donors (Lipinski definition) is 0. The summed E-state index contributed by atoms with van der Waals surface area (Å²) in [4.78, 5) is 17.8. The van der Waals surface area contributed by atoms with Gasteiger partial charge in [-0.2, -0.15) is 0 Å². The highest BCUT2D eigenvalue weighted by atomic mass is 32.1. The molecule has 100 valence electrons. The number of hydrogen-bond acceptors (Lipinski definition) is 4. The number of anilines is 2. The molecular weight excluding hydrogens is 263 g/mol. The molecule has 2 aromatic rings. The molecule has 0 radical (unpaired) electrons. The quantitative estimate of drug-likeness (QED) is 0.793. The van der Waals surface area contributed by atoms with Gasteiger partial charge in [-0.25, -0.2) is 9.37 Å². The van der Waals surface area contributed by atoms with Crippen LogP contribution in [0.15, 0.2) is 24.3 Å². The molecule has 0 amide bonds. The lowest BCUT2D eigenvalue weighted by atomic mass is 10.1. The summed E-state index contributed by atoms with van der Waals surface area (Å²) in [5, 5.41) is 0.621. The van der Waals surface area contributed by atoms with Gasteiger partial charge in [0.15, 0.2) is 11.4 Å². The molecular formula is C14H15FN2OS. The summed E-state index contributed by atoms with van der Waals surface area (Å²) in [5.41, 5.74) is 1.21. The number of nitrogens with zero attached hydrogens (tertiary/aromatic N) is 2. The maximum Gasteiger partial charge on any atom is 0.190 e. The highest BCUT2D eigenvalue weighted by Gasteiger charge is 2.18. The lowest BCUT2D eigenvalue weighted by Crippen LogP contribution is -2.11. The minimum atomic E-state index is -0.307. The van der Waals surface area contributed by atoms with Crippen LogP contribution in [0.4, 0.5) is 15.2 Å². The van der Waals surface area contributed by atoms with Crippen LogP contribution < -0.4 is 4.90 Å². The van der Waals surface area contributed by atoms with Gasteiger partial charge in [0.2, 0.25) is 0 Å². The number of halogens is 1. The SMILES string of the molecule is CC(C)c1nc(N(C)c2ccccc2F)sc1C=O. The summed E-state index contributed by atoms with van der Waals surface area (Å²) >= 11 is 1.28. The molecule has 0 saturated heterocycles. The van der Waals surface area contributed by atoms with E-state index in [2.05, 4.69) is 4.98 Å². The van der Waals surface area contributed by atoms with E-state index in [1.807, 2.05) is 13.8 Å². The minimum Gasteiger partial charge on any atom is -0.318 e. The van der Waals surface area contributed by atoms with Gasteiger partial charge in [-0.3, -0.25) is 4.79 Å². The maximum atomic E-state index is 13.7. The van der Waals surface area contributed by atoms with E-state index in [9.17, 15) is 9.18 Å². The number of aldehydes is 1. The Morgan fingerprint density at radius 1 is 1.37 bits per heavy atom. The average Bonchev–Trinajstić information content (AvgIpc) is 2.83. The molecule has 0 bridgehead atoms. The molecule has 0 N–H and O–H groups in total. The van der Waals surface area contributed by atoms with Crippen molar-refractivity contribution >= 4 is 28.4 Å². The normalized spacial score (nSPS) is 10.8. The van der Waals surface area contributed by atoms with Gasteiger partial charge in [0.05, 0.1) is 16.3 Å². The molecule has 5 heteroatoms. The lowest BCUT2D eigenvalue weighted by molar-refractivity contribution is 0.112. The van der Waals surface area contributed by atoms with Crippen LogP contribution in [0.25, 0.3) is 0 Å². The Morgan fingerprint density at radius 3 is 2.58 bits per heavy atom. The van der Waals surface area contributed by atoms with Gasteiger partial charge < -0.3 is 4.90 Å². The summed E-state index contributed by atoms with van der Waals surface area (Å²) in [6.07, 6.45) is 0.811. The second-order valence-corrected chi connectivity index (χ2v) is 5.54. The van der Waals surface area contributed by atoms with Gasteiger partial charge >= 0.3 is 0 Å². The summed E-state index contributed by atoms with van der Waals surface area (Å²) in [6.45, 7) is 3.96. The van der Waals surface area contributed by atoms with Gasteiger partial charge in [-0.1, -0.05) is 37.3 Å². The maximum absolute atomic E-state index is 13.7. The first-order valence-corrected chi connectivity index (χ1v) is 6.80. The summed E-state index contributed by atoms with van der Waals surface area (Å²) in [6, 6.07) is 6.51. The first kappa shape index (κ1) is 13.7. The Labute approximate surface area is 115 Å². The number of para-hydroxylation sites is 1. The second kappa shape index (κ2) is 5.48. The molecule has 1 aromatic heterocycles. The van der Waals surface area contributed by atoms with E-state index in [0.29, 0.717) is 15.7 Å². The van der Waals surface area contributed by atoms with Crippen molar-refractivity contribution in [2.24, 2.45) is 0 Å². The molecule has 0 unspecified atom stereocenters. The van der Waals surface area contributed by atoms with Gasteiger partial charge in [-0.05, 0) is 18.1 Å². The minimum absolute atomic E-state index is 0.166. The monoisotopic (exact) mass is 278 g/mol. The van der Waals surface area contributed by atoms with Crippen molar-refractivity contribution in [2.45, 2.75) is 19.8 Å². The molecule has 1 aromatic carbocycles. The zero-order chi connectivity index (χ0) is 14.0. The van der Waals surface area contributed by atoms with E-state index in [1.165, 1.54) is 17.4 Å². The molecule has 0 aliphatic carbocycles. The van der Waals surface area contributed by atoms with E-state index in [0.717, 1.165) is 12.0 Å². The summed E-state index contributed by atoms with van der Waals surface area (Å²) in [7, 11) is 1.75. The molecule has 0 saturated carbocycles. The lowest BCUT2D eigenvalue weighted by Gasteiger charge is -2.16. The summed E-state index contributed by atoms with van der Waals surface area (Å²) in [5.74, 6) is -0.141. The van der Waals surface area contributed by atoms with E-state index in [4.69, 9.17) is 0 Å². The van der Waals surface area contributed by atoms with Crippen molar-refractivity contribution in [3.8, 4) is 0 Å². The zero-order valence-corrected chi connectivity index (χ0v) is 11.9. The van der Waals surface area contributed by atoms with Gasteiger partial charge in [0.25, 0.3) is 0 Å².